The number of carbonyl (C=O) groups excluding carboxylic acids is 2. The zero-order valence-corrected chi connectivity index (χ0v) is 29.7. The summed E-state index contributed by atoms with van der Waals surface area (Å²) in [6.07, 6.45) is 12.6. The summed E-state index contributed by atoms with van der Waals surface area (Å²) in [6, 6.07) is 28.5. The third kappa shape index (κ3) is 7.54. The van der Waals surface area contributed by atoms with Gasteiger partial charge in [0, 0.05) is 37.3 Å². The second-order valence-corrected chi connectivity index (χ2v) is 14.6. The molecule has 0 spiro atoms. The maximum atomic E-state index is 13.0. The summed E-state index contributed by atoms with van der Waals surface area (Å²) in [6.45, 7) is 1.95. The Morgan fingerprint density at radius 2 is 1.27 bits per heavy atom. The Morgan fingerprint density at radius 1 is 0.692 bits per heavy atom. The highest BCUT2D eigenvalue weighted by molar-refractivity contribution is 6.03. The van der Waals surface area contributed by atoms with Crippen LogP contribution in [-0.2, 0) is 22.7 Å². The van der Waals surface area contributed by atoms with Crippen LogP contribution in [-0.4, -0.2) is 56.8 Å². The molecule has 0 radical (unpaired) electrons. The van der Waals surface area contributed by atoms with E-state index in [1.54, 1.807) is 0 Å². The van der Waals surface area contributed by atoms with Gasteiger partial charge >= 0.3 is 12.2 Å². The molecule has 1 N–H and O–H groups in total. The first-order valence-corrected chi connectivity index (χ1v) is 19.0. The minimum absolute atomic E-state index is 0.0280. The van der Waals surface area contributed by atoms with Gasteiger partial charge in [-0.2, -0.15) is 0 Å². The van der Waals surface area contributed by atoms with Crippen molar-refractivity contribution in [2.75, 3.05) is 13.1 Å². The van der Waals surface area contributed by atoms with Gasteiger partial charge in [0.15, 0.2) is 0 Å². The molecule has 1 aliphatic carbocycles. The molecular weight excluding hydrogens is 651 g/mol. The van der Waals surface area contributed by atoms with Crippen molar-refractivity contribution in [2.45, 2.75) is 94.9 Å². The van der Waals surface area contributed by atoms with E-state index >= 15 is 0 Å². The van der Waals surface area contributed by atoms with Crippen LogP contribution in [0.25, 0.3) is 0 Å². The van der Waals surface area contributed by atoms with Gasteiger partial charge in [0.2, 0.25) is 0 Å². The predicted molar refractivity (Wildman–Crippen MR) is 200 cm³/mol. The number of imidazole rings is 1. The number of allylic oxidation sites excluding steroid dienone is 1. The smallest absolute Gasteiger partial charge is 0.410 e. The lowest BCUT2D eigenvalue weighted by atomic mass is 9.77. The standard InChI is InChI=1S/C43H47N5O4/c49-42(51-28-30-9-3-1-4-10-30)47-25-7-13-39(47)37-24-23-36(45-37)34-19-15-32(16-20-34)33-17-21-35(22-18-33)38-27-44-41(46-38)40-14-8-26-48(40)43(50)52-29-31-11-5-2-6-12-31/h1-6,9-12,15-16,19-20,24,27,33,35,39-40H,7-8,13-14,17-18,21-23,25-26,28-29H2,(H,44,46)/t33?,35?,39-,40-/m1/s1. The molecule has 3 aliphatic heterocycles. The highest BCUT2D eigenvalue weighted by Gasteiger charge is 2.35. The van der Waals surface area contributed by atoms with E-state index in [9.17, 15) is 9.59 Å². The zero-order valence-electron chi connectivity index (χ0n) is 29.7. The molecule has 2 atom stereocenters. The van der Waals surface area contributed by atoms with Crippen LogP contribution in [0.3, 0.4) is 0 Å². The number of aromatic amines is 1. The molecule has 3 fully saturated rings. The number of carbonyl (C=O) groups is 2. The summed E-state index contributed by atoms with van der Waals surface area (Å²) in [7, 11) is 0. The summed E-state index contributed by atoms with van der Waals surface area (Å²) in [4.78, 5) is 43.0. The van der Waals surface area contributed by atoms with Crippen molar-refractivity contribution in [3.63, 3.8) is 0 Å². The van der Waals surface area contributed by atoms with Gasteiger partial charge in [-0.15, -0.1) is 0 Å². The highest BCUT2D eigenvalue weighted by atomic mass is 16.6. The van der Waals surface area contributed by atoms with Crippen LogP contribution in [0.1, 0.15) is 109 Å². The number of aromatic nitrogens is 2. The Balaban J connectivity index is 0.825. The number of nitrogens with one attached hydrogen (secondary N) is 1. The molecule has 4 aliphatic rings. The molecule has 9 nitrogen and oxygen atoms in total. The van der Waals surface area contributed by atoms with Gasteiger partial charge in [-0.1, -0.05) is 91.0 Å². The third-order valence-electron chi connectivity index (χ3n) is 11.3. The van der Waals surface area contributed by atoms with Gasteiger partial charge < -0.3 is 14.5 Å². The molecule has 2 amide bonds. The van der Waals surface area contributed by atoms with Crippen molar-refractivity contribution < 1.29 is 19.1 Å². The number of H-pyrrole nitrogens is 1. The summed E-state index contributed by atoms with van der Waals surface area (Å²) in [5.74, 6) is 1.85. The number of benzene rings is 3. The fraction of sp³-hybridized carbons (Fsp3) is 0.395. The molecule has 1 aromatic heterocycles. The van der Waals surface area contributed by atoms with E-state index in [1.807, 2.05) is 76.7 Å². The van der Waals surface area contributed by atoms with Gasteiger partial charge in [0.25, 0.3) is 0 Å². The fourth-order valence-corrected chi connectivity index (χ4v) is 8.42. The number of nitrogens with zero attached hydrogens (tertiary/aromatic N) is 4. The van der Waals surface area contributed by atoms with E-state index in [-0.39, 0.29) is 37.5 Å². The average Bonchev–Trinajstić information content (AvgIpc) is 4.04. The van der Waals surface area contributed by atoms with Crippen LogP contribution in [0.5, 0.6) is 0 Å². The molecule has 9 heteroatoms. The second kappa shape index (κ2) is 15.6. The van der Waals surface area contributed by atoms with Crippen molar-refractivity contribution in [3.8, 4) is 0 Å². The molecule has 4 aromatic rings. The van der Waals surface area contributed by atoms with Gasteiger partial charge in [0.1, 0.15) is 19.0 Å². The molecule has 1 saturated carbocycles. The largest absolute Gasteiger partial charge is 0.445 e. The normalized spacial score (nSPS) is 23.0. The van der Waals surface area contributed by atoms with Crippen molar-refractivity contribution in [2.24, 2.45) is 4.99 Å². The molecule has 4 heterocycles. The van der Waals surface area contributed by atoms with E-state index in [1.165, 1.54) is 11.3 Å². The molecule has 2 saturated heterocycles. The number of rotatable bonds is 9. The number of ether oxygens (including phenoxy) is 2. The molecule has 268 valence electrons. The summed E-state index contributed by atoms with van der Waals surface area (Å²) < 4.78 is 11.3. The van der Waals surface area contributed by atoms with E-state index in [4.69, 9.17) is 19.5 Å². The van der Waals surface area contributed by atoms with E-state index in [0.29, 0.717) is 24.9 Å². The van der Waals surface area contributed by atoms with E-state index < -0.39 is 0 Å². The Labute approximate surface area is 305 Å². The van der Waals surface area contributed by atoms with Crippen LogP contribution >= 0.6 is 0 Å². The van der Waals surface area contributed by atoms with E-state index in [2.05, 4.69) is 35.3 Å². The van der Waals surface area contributed by atoms with Gasteiger partial charge in [-0.05, 0) is 79.5 Å². The van der Waals surface area contributed by atoms with Crippen LogP contribution in [0.15, 0.2) is 108 Å². The fourth-order valence-electron chi connectivity index (χ4n) is 8.42. The predicted octanol–water partition coefficient (Wildman–Crippen LogP) is 9.20. The molecule has 8 rings (SSSR count). The third-order valence-corrected chi connectivity index (χ3v) is 11.3. The Hall–Kier alpha value is -5.18. The van der Waals surface area contributed by atoms with E-state index in [0.717, 1.165) is 91.7 Å². The second-order valence-electron chi connectivity index (χ2n) is 14.6. The lowest BCUT2D eigenvalue weighted by Gasteiger charge is -2.28. The lowest BCUT2D eigenvalue weighted by Crippen LogP contribution is -2.36. The zero-order chi connectivity index (χ0) is 35.3. The quantitative estimate of drug-likeness (QED) is 0.188. The summed E-state index contributed by atoms with van der Waals surface area (Å²) in [5, 5.41) is 0. The monoisotopic (exact) mass is 697 g/mol. The Morgan fingerprint density at radius 3 is 1.90 bits per heavy atom. The van der Waals surface area contributed by atoms with Gasteiger partial charge in [-0.3, -0.25) is 14.8 Å². The molecule has 0 bridgehead atoms. The molecule has 0 unspecified atom stereocenters. The maximum Gasteiger partial charge on any atom is 0.410 e. The number of hydrogen-bond donors (Lipinski definition) is 1. The van der Waals surface area contributed by atoms with Crippen molar-refractivity contribution in [1.82, 2.24) is 19.8 Å². The van der Waals surface area contributed by atoms with Crippen molar-refractivity contribution >= 4 is 17.9 Å². The SMILES string of the molecule is O=C(OCc1ccccc1)N1CCC[C@@H]1C1=CCC(c2ccc(C3CCC(c4cnc([C@H]5CCCN5C(=O)OCc5ccccc5)[nH]4)CC3)cc2)=N1. The number of amides is 2. The van der Waals surface area contributed by atoms with Gasteiger partial charge in [0.05, 0.1) is 23.5 Å². The van der Waals surface area contributed by atoms with Crippen LogP contribution in [0, 0.1) is 0 Å². The van der Waals surface area contributed by atoms with Crippen LogP contribution in [0.4, 0.5) is 9.59 Å². The first kappa shape index (κ1) is 33.9. The molecule has 52 heavy (non-hydrogen) atoms. The summed E-state index contributed by atoms with van der Waals surface area (Å²) in [5.41, 5.74) is 7.74. The maximum absolute atomic E-state index is 13.0. The Kier molecular flexibility index (Phi) is 10.2. The summed E-state index contributed by atoms with van der Waals surface area (Å²) >= 11 is 0. The number of likely N-dealkylation sites (tertiary alicyclic amines) is 2. The Bertz CT molecular complexity index is 1900. The van der Waals surface area contributed by atoms with Crippen molar-refractivity contribution in [3.05, 3.63) is 137 Å². The average molecular weight is 698 g/mol. The van der Waals surface area contributed by atoms with Crippen LogP contribution in [0.2, 0.25) is 0 Å². The number of aliphatic imine (C=N–C) groups is 1. The minimum Gasteiger partial charge on any atom is -0.445 e. The minimum atomic E-state index is -0.273. The first-order valence-electron chi connectivity index (χ1n) is 19.0. The van der Waals surface area contributed by atoms with Crippen LogP contribution < -0.4 is 0 Å². The molecule has 3 aromatic carbocycles. The number of hydrogen-bond acceptors (Lipinski definition) is 6. The highest BCUT2D eigenvalue weighted by Crippen LogP contribution is 2.41. The first-order chi connectivity index (χ1) is 25.6. The molecular formula is C43H47N5O4. The van der Waals surface area contributed by atoms with Crippen molar-refractivity contribution in [1.29, 1.82) is 0 Å². The topological polar surface area (TPSA) is 100 Å². The lowest BCUT2D eigenvalue weighted by molar-refractivity contribution is 0.0908. The van der Waals surface area contributed by atoms with Gasteiger partial charge in [-0.25, -0.2) is 14.6 Å².